The molecule has 0 radical (unpaired) electrons. The van der Waals surface area contributed by atoms with Crippen molar-refractivity contribution in [3.63, 3.8) is 0 Å². The summed E-state index contributed by atoms with van der Waals surface area (Å²) in [5.74, 6) is 0.616. The predicted molar refractivity (Wildman–Crippen MR) is 97.3 cm³/mol. The number of Topliss-reactive ketones (excluding diaryl/α,β-unsaturated/α-hetero) is 1. The lowest BCUT2D eigenvalue weighted by Gasteiger charge is -2.50. The molecular formula is C21H28N2O2. The van der Waals surface area contributed by atoms with Crippen molar-refractivity contribution in [2.75, 3.05) is 19.6 Å². The molecule has 2 fully saturated rings. The van der Waals surface area contributed by atoms with Crippen molar-refractivity contribution in [3.05, 3.63) is 35.4 Å². The molecule has 3 aliphatic rings. The molecule has 4 heteroatoms. The van der Waals surface area contributed by atoms with Gasteiger partial charge in [-0.15, -0.1) is 0 Å². The third-order valence-corrected chi connectivity index (χ3v) is 6.67. The van der Waals surface area contributed by atoms with Gasteiger partial charge in [-0.2, -0.15) is 0 Å². The number of piperidine rings is 1. The van der Waals surface area contributed by atoms with E-state index in [4.69, 9.17) is 0 Å². The standard InChI is InChI=1S/C21H28N2O2/c1-16(24)23-14-17-4-2-3-5-20(17)21(15-23)10-12-22(13-11-21)18-6-8-19(25)9-7-18/h2-5,18H,6-15H2,1H3. The Hall–Kier alpha value is -1.68. The minimum atomic E-state index is 0.113. The van der Waals surface area contributed by atoms with Crippen LogP contribution in [0.25, 0.3) is 0 Å². The van der Waals surface area contributed by atoms with Gasteiger partial charge in [-0.05, 0) is 49.9 Å². The molecule has 4 nitrogen and oxygen atoms in total. The van der Waals surface area contributed by atoms with E-state index >= 15 is 0 Å². The van der Waals surface area contributed by atoms with Gasteiger partial charge >= 0.3 is 0 Å². The normalized spacial score (nSPS) is 24.4. The second-order valence-electron chi connectivity index (χ2n) is 8.12. The zero-order valence-corrected chi connectivity index (χ0v) is 15.2. The minimum absolute atomic E-state index is 0.113. The molecule has 1 aromatic rings. The molecule has 4 rings (SSSR count). The molecule has 1 aliphatic carbocycles. The van der Waals surface area contributed by atoms with Crippen LogP contribution in [0.3, 0.4) is 0 Å². The number of nitrogens with zero attached hydrogens (tertiary/aromatic N) is 2. The molecule has 1 aromatic carbocycles. The fourth-order valence-corrected chi connectivity index (χ4v) is 5.14. The third-order valence-electron chi connectivity index (χ3n) is 6.67. The number of likely N-dealkylation sites (tertiary alicyclic amines) is 1. The summed E-state index contributed by atoms with van der Waals surface area (Å²) in [6, 6.07) is 9.28. The topological polar surface area (TPSA) is 40.6 Å². The average Bonchev–Trinajstić information content (AvgIpc) is 2.63. The Labute approximate surface area is 150 Å². The molecule has 1 saturated heterocycles. The van der Waals surface area contributed by atoms with Crippen LogP contribution in [0.15, 0.2) is 24.3 Å². The van der Waals surface area contributed by atoms with Crippen molar-refractivity contribution in [1.29, 1.82) is 0 Å². The van der Waals surface area contributed by atoms with Gasteiger partial charge in [0.05, 0.1) is 0 Å². The first kappa shape index (κ1) is 16.8. The molecule has 25 heavy (non-hydrogen) atoms. The molecule has 1 saturated carbocycles. The van der Waals surface area contributed by atoms with Gasteiger partial charge in [0, 0.05) is 44.3 Å². The van der Waals surface area contributed by atoms with Crippen LogP contribution in [0.4, 0.5) is 0 Å². The summed E-state index contributed by atoms with van der Waals surface area (Å²) in [5, 5.41) is 0. The van der Waals surface area contributed by atoms with Crippen LogP contribution in [0.2, 0.25) is 0 Å². The fourth-order valence-electron chi connectivity index (χ4n) is 5.14. The maximum Gasteiger partial charge on any atom is 0.219 e. The van der Waals surface area contributed by atoms with Crippen molar-refractivity contribution < 1.29 is 9.59 Å². The van der Waals surface area contributed by atoms with E-state index in [-0.39, 0.29) is 11.3 Å². The first-order chi connectivity index (χ1) is 12.1. The number of hydrogen-bond acceptors (Lipinski definition) is 3. The maximum absolute atomic E-state index is 12.1. The second kappa shape index (κ2) is 6.56. The van der Waals surface area contributed by atoms with Crippen LogP contribution in [0.5, 0.6) is 0 Å². The number of carbonyl (C=O) groups is 2. The molecule has 0 bridgehead atoms. The lowest BCUT2D eigenvalue weighted by atomic mass is 9.68. The molecular weight excluding hydrogens is 312 g/mol. The Kier molecular flexibility index (Phi) is 4.40. The molecule has 2 heterocycles. The van der Waals surface area contributed by atoms with Crippen LogP contribution >= 0.6 is 0 Å². The highest BCUT2D eigenvalue weighted by molar-refractivity contribution is 5.79. The van der Waals surface area contributed by atoms with Crippen LogP contribution in [0, 0.1) is 0 Å². The smallest absolute Gasteiger partial charge is 0.219 e. The molecule has 0 N–H and O–H groups in total. The molecule has 2 aliphatic heterocycles. The summed E-state index contributed by atoms with van der Waals surface area (Å²) < 4.78 is 0. The van der Waals surface area contributed by atoms with Crippen LogP contribution in [-0.4, -0.2) is 47.2 Å². The van der Waals surface area contributed by atoms with Gasteiger partial charge in [0.2, 0.25) is 5.91 Å². The molecule has 0 unspecified atom stereocenters. The van der Waals surface area contributed by atoms with Gasteiger partial charge in [0.15, 0.2) is 0 Å². The van der Waals surface area contributed by atoms with E-state index < -0.39 is 0 Å². The van der Waals surface area contributed by atoms with Crippen LogP contribution in [-0.2, 0) is 21.5 Å². The number of benzene rings is 1. The van der Waals surface area contributed by atoms with Crippen molar-refractivity contribution in [1.82, 2.24) is 9.80 Å². The lowest BCUT2D eigenvalue weighted by Crippen LogP contribution is -2.54. The Morgan fingerprint density at radius 3 is 2.48 bits per heavy atom. The summed E-state index contributed by atoms with van der Waals surface area (Å²) >= 11 is 0. The number of amides is 1. The predicted octanol–water partition coefficient (Wildman–Crippen LogP) is 2.89. The summed E-state index contributed by atoms with van der Waals surface area (Å²) in [7, 11) is 0. The fraction of sp³-hybridized carbons (Fsp3) is 0.619. The van der Waals surface area contributed by atoms with Gasteiger partial charge in [-0.3, -0.25) is 9.59 Å². The van der Waals surface area contributed by atoms with E-state index in [1.165, 1.54) is 11.1 Å². The van der Waals surface area contributed by atoms with Crippen LogP contribution in [0.1, 0.15) is 56.6 Å². The quantitative estimate of drug-likeness (QED) is 0.789. The van der Waals surface area contributed by atoms with Crippen molar-refractivity contribution >= 4 is 11.7 Å². The molecule has 0 atom stereocenters. The van der Waals surface area contributed by atoms with Crippen molar-refractivity contribution in [3.8, 4) is 0 Å². The van der Waals surface area contributed by atoms with Gasteiger partial charge in [0.25, 0.3) is 0 Å². The van der Waals surface area contributed by atoms with Gasteiger partial charge < -0.3 is 9.80 Å². The summed E-state index contributed by atoms with van der Waals surface area (Å²) in [6.45, 7) is 5.46. The molecule has 1 amide bonds. The molecule has 0 aromatic heterocycles. The number of hydrogen-bond donors (Lipinski definition) is 0. The monoisotopic (exact) mass is 340 g/mol. The van der Waals surface area contributed by atoms with Gasteiger partial charge in [-0.1, -0.05) is 24.3 Å². The van der Waals surface area contributed by atoms with Crippen molar-refractivity contribution in [2.24, 2.45) is 0 Å². The zero-order chi connectivity index (χ0) is 17.4. The Balaban J connectivity index is 1.52. The zero-order valence-electron chi connectivity index (χ0n) is 15.2. The average molecular weight is 340 g/mol. The van der Waals surface area contributed by atoms with Gasteiger partial charge in [-0.25, -0.2) is 0 Å². The first-order valence-corrected chi connectivity index (χ1v) is 9.67. The van der Waals surface area contributed by atoms with E-state index in [9.17, 15) is 9.59 Å². The summed E-state index contributed by atoms with van der Waals surface area (Å²) in [4.78, 5) is 28.2. The number of carbonyl (C=O) groups excluding carboxylic acids is 2. The Morgan fingerprint density at radius 2 is 1.80 bits per heavy atom. The summed E-state index contributed by atoms with van der Waals surface area (Å²) in [6.07, 6.45) is 5.79. The number of rotatable bonds is 1. The highest BCUT2D eigenvalue weighted by atomic mass is 16.2. The van der Waals surface area contributed by atoms with E-state index in [1.807, 2.05) is 4.90 Å². The maximum atomic E-state index is 12.1. The Bertz CT molecular complexity index is 666. The van der Waals surface area contributed by atoms with E-state index in [0.717, 1.165) is 64.7 Å². The molecule has 1 spiro atoms. The largest absolute Gasteiger partial charge is 0.338 e. The van der Waals surface area contributed by atoms with E-state index in [0.29, 0.717) is 11.8 Å². The number of fused-ring (bicyclic) bond motifs is 2. The SMILES string of the molecule is CC(=O)N1Cc2ccccc2C2(CCN(C3CCC(=O)CC3)CC2)C1. The van der Waals surface area contributed by atoms with Crippen molar-refractivity contribution in [2.45, 2.75) is 63.5 Å². The van der Waals surface area contributed by atoms with E-state index in [1.54, 1.807) is 6.92 Å². The third kappa shape index (κ3) is 3.12. The second-order valence-corrected chi connectivity index (χ2v) is 8.12. The lowest BCUT2D eigenvalue weighted by molar-refractivity contribution is -0.131. The van der Waals surface area contributed by atoms with Gasteiger partial charge in [0.1, 0.15) is 5.78 Å². The molecule has 134 valence electrons. The highest BCUT2D eigenvalue weighted by Crippen LogP contribution is 2.42. The van der Waals surface area contributed by atoms with E-state index in [2.05, 4.69) is 29.2 Å². The van der Waals surface area contributed by atoms with Crippen LogP contribution < -0.4 is 0 Å². The Morgan fingerprint density at radius 1 is 1.12 bits per heavy atom. The first-order valence-electron chi connectivity index (χ1n) is 9.67. The summed E-state index contributed by atoms with van der Waals surface area (Å²) in [5.41, 5.74) is 2.90. The highest BCUT2D eigenvalue weighted by Gasteiger charge is 2.43. The number of ketones is 1. The minimum Gasteiger partial charge on any atom is -0.338 e.